The van der Waals surface area contributed by atoms with Crippen LogP contribution in [0.4, 0.5) is 5.69 Å². The van der Waals surface area contributed by atoms with Crippen LogP contribution in [-0.2, 0) is 0 Å². The van der Waals surface area contributed by atoms with E-state index in [1.165, 1.54) is 28.8 Å². The summed E-state index contributed by atoms with van der Waals surface area (Å²) in [6.45, 7) is 6.39. The lowest BCUT2D eigenvalue weighted by Crippen LogP contribution is -1.92. The smallest absolute Gasteiger partial charge is 0.0417 e. The highest BCUT2D eigenvalue weighted by Gasteiger charge is 2.04. The van der Waals surface area contributed by atoms with Gasteiger partial charge in [0.2, 0.25) is 0 Å². The van der Waals surface area contributed by atoms with Crippen molar-refractivity contribution in [3.8, 4) is 11.1 Å². The number of para-hydroxylation sites is 1. The first kappa shape index (κ1) is 14.3. The van der Waals surface area contributed by atoms with Gasteiger partial charge in [0, 0.05) is 18.3 Å². The first-order chi connectivity index (χ1) is 8.74. The van der Waals surface area contributed by atoms with Crippen molar-refractivity contribution >= 4 is 5.69 Å². The van der Waals surface area contributed by atoms with E-state index in [4.69, 9.17) is 0 Å². The monoisotopic (exact) mass is 241 g/mol. The zero-order valence-electron chi connectivity index (χ0n) is 11.8. The van der Waals surface area contributed by atoms with E-state index in [0.29, 0.717) is 0 Å². The van der Waals surface area contributed by atoms with Crippen molar-refractivity contribution in [2.45, 2.75) is 27.2 Å². The van der Waals surface area contributed by atoms with E-state index in [-0.39, 0.29) is 0 Å². The van der Waals surface area contributed by atoms with Crippen LogP contribution < -0.4 is 5.32 Å². The summed E-state index contributed by atoms with van der Waals surface area (Å²) < 4.78 is 0. The number of benzene rings is 2. The molecule has 0 atom stereocenters. The normalized spacial score (nSPS) is 9.33. The zero-order chi connectivity index (χ0) is 13.4. The summed E-state index contributed by atoms with van der Waals surface area (Å²) in [6.07, 6.45) is 1.25. The lowest BCUT2D eigenvalue weighted by molar-refractivity contribution is 1.09. The molecule has 1 nitrogen and oxygen atoms in total. The van der Waals surface area contributed by atoms with Crippen molar-refractivity contribution in [2.75, 3.05) is 12.4 Å². The Hall–Kier alpha value is -1.76. The average Bonchev–Trinajstić information content (AvgIpc) is 2.40. The maximum atomic E-state index is 3.22. The SMILES string of the molecule is CCC.CNc1ccccc1-c1ccccc1C. The Kier molecular flexibility index (Phi) is 5.99. The predicted octanol–water partition coefficient (Wildman–Crippen LogP) is 5.12. The molecule has 0 heterocycles. The highest BCUT2D eigenvalue weighted by Crippen LogP contribution is 2.29. The van der Waals surface area contributed by atoms with Gasteiger partial charge in [0.25, 0.3) is 0 Å². The molecule has 1 N–H and O–H groups in total. The summed E-state index contributed by atoms with van der Waals surface area (Å²) in [6, 6.07) is 16.8. The molecule has 2 rings (SSSR count). The molecule has 0 amide bonds. The first-order valence-electron chi connectivity index (χ1n) is 6.57. The number of anilines is 1. The Balaban J connectivity index is 0.000000492. The molecule has 0 bridgehead atoms. The van der Waals surface area contributed by atoms with Crippen LogP contribution in [0.2, 0.25) is 0 Å². The second-order valence-corrected chi connectivity index (χ2v) is 4.32. The second kappa shape index (κ2) is 7.54. The Labute approximate surface area is 111 Å². The number of hydrogen-bond donors (Lipinski definition) is 1. The summed E-state index contributed by atoms with van der Waals surface area (Å²) in [5.74, 6) is 0. The molecule has 0 saturated carbocycles. The minimum Gasteiger partial charge on any atom is -0.388 e. The van der Waals surface area contributed by atoms with Crippen molar-refractivity contribution in [2.24, 2.45) is 0 Å². The van der Waals surface area contributed by atoms with E-state index in [1.54, 1.807) is 0 Å². The molecule has 1 heteroatoms. The van der Waals surface area contributed by atoms with E-state index in [0.717, 1.165) is 0 Å². The van der Waals surface area contributed by atoms with Gasteiger partial charge >= 0.3 is 0 Å². The van der Waals surface area contributed by atoms with Gasteiger partial charge in [0.15, 0.2) is 0 Å². The average molecular weight is 241 g/mol. The van der Waals surface area contributed by atoms with Crippen LogP contribution in [0, 0.1) is 6.92 Å². The maximum Gasteiger partial charge on any atom is 0.0417 e. The summed E-state index contributed by atoms with van der Waals surface area (Å²) >= 11 is 0. The van der Waals surface area contributed by atoms with E-state index < -0.39 is 0 Å². The van der Waals surface area contributed by atoms with Crippen LogP contribution in [0.5, 0.6) is 0 Å². The largest absolute Gasteiger partial charge is 0.388 e. The van der Waals surface area contributed by atoms with Crippen LogP contribution in [0.15, 0.2) is 48.5 Å². The van der Waals surface area contributed by atoms with Crippen molar-refractivity contribution < 1.29 is 0 Å². The molecular weight excluding hydrogens is 218 g/mol. The van der Waals surface area contributed by atoms with Gasteiger partial charge in [0.1, 0.15) is 0 Å². The molecule has 0 aliphatic carbocycles. The fraction of sp³-hybridized carbons (Fsp3) is 0.294. The first-order valence-corrected chi connectivity index (χ1v) is 6.57. The molecule has 0 fully saturated rings. The van der Waals surface area contributed by atoms with Crippen molar-refractivity contribution in [3.05, 3.63) is 54.1 Å². The van der Waals surface area contributed by atoms with E-state index in [1.807, 2.05) is 13.1 Å². The quantitative estimate of drug-likeness (QED) is 0.769. The van der Waals surface area contributed by atoms with E-state index >= 15 is 0 Å². The van der Waals surface area contributed by atoms with E-state index in [2.05, 4.69) is 68.6 Å². The van der Waals surface area contributed by atoms with Gasteiger partial charge in [-0.15, -0.1) is 0 Å². The molecular formula is C17H23N. The van der Waals surface area contributed by atoms with Gasteiger partial charge < -0.3 is 5.32 Å². The third kappa shape index (κ3) is 3.63. The van der Waals surface area contributed by atoms with Gasteiger partial charge in [-0.05, 0) is 24.1 Å². The molecule has 18 heavy (non-hydrogen) atoms. The highest BCUT2D eigenvalue weighted by molar-refractivity contribution is 5.79. The topological polar surface area (TPSA) is 12.0 Å². The summed E-state index contributed by atoms with van der Waals surface area (Å²) in [5, 5.41) is 3.22. The molecule has 2 aromatic rings. The molecule has 0 radical (unpaired) electrons. The van der Waals surface area contributed by atoms with Gasteiger partial charge in [-0.3, -0.25) is 0 Å². The van der Waals surface area contributed by atoms with Gasteiger partial charge in [-0.2, -0.15) is 0 Å². The van der Waals surface area contributed by atoms with Crippen molar-refractivity contribution in [3.63, 3.8) is 0 Å². The molecule has 0 aliphatic rings. The van der Waals surface area contributed by atoms with Crippen LogP contribution in [0.1, 0.15) is 25.8 Å². The van der Waals surface area contributed by atoms with Crippen LogP contribution in [0.25, 0.3) is 11.1 Å². The Morgan fingerprint density at radius 3 is 1.89 bits per heavy atom. The molecule has 0 aromatic heterocycles. The standard InChI is InChI=1S/C14H15N.C3H8/c1-11-7-3-4-8-12(11)13-9-5-6-10-14(13)15-2;1-3-2/h3-10,15H,1-2H3;3H2,1-2H3. The fourth-order valence-corrected chi connectivity index (χ4v) is 1.81. The number of aryl methyl sites for hydroxylation is 1. The number of hydrogen-bond acceptors (Lipinski definition) is 1. The molecule has 0 spiro atoms. The molecule has 0 unspecified atom stereocenters. The highest BCUT2D eigenvalue weighted by atomic mass is 14.8. The summed E-state index contributed by atoms with van der Waals surface area (Å²) in [7, 11) is 1.96. The predicted molar refractivity (Wildman–Crippen MR) is 82.1 cm³/mol. The van der Waals surface area contributed by atoms with Gasteiger partial charge in [0.05, 0.1) is 0 Å². The summed E-state index contributed by atoms with van der Waals surface area (Å²) in [4.78, 5) is 0. The van der Waals surface area contributed by atoms with Gasteiger partial charge in [-0.1, -0.05) is 62.7 Å². The van der Waals surface area contributed by atoms with E-state index in [9.17, 15) is 0 Å². The molecule has 2 aromatic carbocycles. The fourth-order valence-electron chi connectivity index (χ4n) is 1.81. The number of nitrogens with one attached hydrogen (secondary N) is 1. The van der Waals surface area contributed by atoms with Gasteiger partial charge in [-0.25, -0.2) is 0 Å². The van der Waals surface area contributed by atoms with Crippen LogP contribution in [-0.4, -0.2) is 7.05 Å². The third-order valence-corrected chi connectivity index (χ3v) is 2.63. The maximum absolute atomic E-state index is 3.22. The summed E-state index contributed by atoms with van der Waals surface area (Å²) in [5.41, 5.74) is 5.03. The minimum absolute atomic E-state index is 1.17. The Morgan fingerprint density at radius 1 is 0.833 bits per heavy atom. The van der Waals surface area contributed by atoms with Crippen LogP contribution in [0.3, 0.4) is 0 Å². The minimum atomic E-state index is 1.17. The second-order valence-electron chi connectivity index (χ2n) is 4.32. The van der Waals surface area contributed by atoms with Crippen molar-refractivity contribution in [1.82, 2.24) is 0 Å². The number of rotatable bonds is 2. The molecule has 0 aliphatic heterocycles. The molecule has 96 valence electrons. The lowest BCUT2D eigenvalue weighted by atomic mass is 9.99. The zero-order valence-corrected chi connectivity index (χ0v) is 11.8. The molecule has 0 saturated heterocycles. The Bertz CT molecular complexity index is 475. The van der Waals surface area contributed by atoms with Crippen molar-refractivity contribution in [1.29, 1.82) is 0 Å². The lowest BCUT2D eigenvalue weighted by Gasteiger charge is -2.11. The Morgan fingerprint density at radius 2 is 1.33 bits per heavy atom. The van der Waals surface area contributed by atoms with Crippen LogP contribution >= 0.6 is 0 Å². The third-order valence-electron chi connectivity index (χ3n) is 2.63.